The second-order valence-electron chi connectivity index (χ2n) is 7.73. The average Bonchev–Trinajstić information content (AvgIpc) is 3.25. The van der Waals surface area contributed by atoms with E-state index in [-0.39, 0.29) is 31.0 Å². The summed E-state index contributed by atoms with van der Waals surface area (Å²) in [6, 6.07) is 6.20. The van der Waals surface area contributed by atoms with Gasteiger partial charge < -0.3 is 4.90 Å². The molecule has 0 spiro atoms. The van der Waals surface area contributed by atoms with E-state index in [9.17, 15) is 22.0 Å². The maximum atomic E-state index is 14.0. The molecule has 1 aromatic heterocycles. The Balaban J connectivity index is 1.44. The van der Waals surface area contributed by atoms with E-state index in [0.29, 0.717) is 25.5 Å². The molecule has 1 amide bonds. The summed E-state index contributed by atoms with van der Waals surface area (Å²) in [6.07, 6.45) is 5.97. The molecule has 0 unspecified atom stereocenters. The zero-order valence-electron chi connectivity index (χ0n) is 16.4. The molecule has 2 fully saturated rings. The summed E-state index contributed by atoms with van der Waals surface area (Å²) in [6.45, 7) is 0.867. The van der Waals surface area contributed by atoms with Gasteiger partial charge >= 0.3 is 0 Å². The molecule has 3 heterocycles. The first kappa shape index (κ1) is 20.9. The third-order valence-electron chi connectivity index (χ3n) is 5.92. The van der Waals surface area contributed by atoms with Gasteiger partial charge in [-0.2, -0.15) is 4.31 Å². The lowest BCUT2D eigenvalue weighted by atomic mass is 9.95. The summed E-state index contributed by atoms with van der Waals surface area (Å²) in [7, 11) is -4.15. The van der Waals surface area contributed by atoms with Crippen LogP contribution in [0.1, 0.15) is 37.3 Å². The molecule has 0 bridgehead atoms. The Labute approximate surface area is 174 Å². The van der Waals surface area contributed by atoms with Gasteiger partial charge in [-0.1, -0.05) is 6.07 Å². The van der Waals surface area contributed by atoms with Crippen LogP contribution in [0.5, 0.6) is 0 Å². The number of piperidine rings is 1. The number of sulfonamides is 1. The van der Waals surface area contributed by atoms with Crippen LogP contribution in [0.25, 0.3) is 0 Å². The van der Waals surface area contributed by atoms with Crippen LogP contribution >= 0.6 is 0 Å². The van der Waals surface area contributed by atoms with Gasteiger partial charge in [-0.15, -0.1) is 0 Å². The number of rotatable bonds is 4. The summed E-state index contributed by atoms with van der Waals surface area (Å²) in [5.41, 5.74) is 1.00. The number of aromatic nitrogens is 1. The van der Waals surface area contributed by atoms with Crippen molar-refractivity contribution in [1.82, 2.24) is 14.2 Å². The Kier molecular flexibility index (Phi) is 5.84. The summed E-state index contributed by atoms with van der Waals surface area (Å²) in [4.78, 5) is 18.5. The molecule has 6 nitrogen and oxygen atoms in total. The van der Waals surface area contributed by atoms with Crippen molar-refractivity contribution in [2.75, 3.05) is 19.6 Å². The Bertz CT molecular complexity index is 1030. The van der Waals surface area contributed by atoms with Crippen LogP contribution in [0.2, 0.25) is 0 Å². The minimum absolute atomic E-state index is 0.00523. The van der Waals surface area contributed by atoms with Gasteiger partial charge in [-0.05, 0) is 55.5 Å². The van der Waals surface area contributed by atoms with E-state index in [0.717, 1.165) is 34.8 Å². The third-order valence-corrected chi connectivity index (χ3v) is 7.83. The molecule has 1 atom stereocenters. The molecule has 0 radical (unpaired) electrons. The van der Waals surface area contributed by atoms with Gasteiger partial charge in [-0.3, -0.25) is 9.78 Å². The molecule has 2 saturated heterocycles. The van der Waals surface area contributed by atoms with E-state index in [1.54, 1.807) is 12.4 Å². The molecule has 0 N–H and O–H groups in total. The van der Waals surface area contributed by atoms with E-state index in [4.69, 9.17) is 0 Å². The largest absolute Gasteiger partial charge is 0.335 e. The normalized spacial score (nSPS) is 21.1. The predicted molar refractivity (Wildman–Crippen MR) is 106 cm³/mol. The molecule has 30 heavy (non-hydrogen) atoms. The van der Waals surface area contributed by atoms with Gasteiger partial charge in [0.05, 0.1) is 6.04 Å². The molecule has 9 heteroatoms. The first-order valence-electron chi connectivity index (χ1n) is 10.0. The number of nitrogens with zero attached hydrogens (tertiary/aromatic N) is 3. The minimum Gasteiger partial charge on any atom is -0.335 e. The van der Waals surface area contributed by atoms with Crippen molar-refractivity contribution in [3.05, 3.63) is 59.9 Å². The average molecular weight is 435 g/mol. The van der Waals surface area contributed by atoms with Gasteiger partial charge in [-0.25, -0.2) is 17.2 Å². The van der Waals surface area contributed by atoms with Crippen molar-refractivity contribution >= 4 is 15.9 Å². The first-order valence-corrected chi connectivity index (χ1v) is 11.5. The van der Waals surface area contributed by atoms with E-state index in [1.165, 1.54) is 0 Å². The van der Waals surface area contributed by atoms with Gasteiger partial charge in [0.1, 0.15) is 16.5 Å². The van der Waals surface area contributed by atoms with Gasteiger partial charge in [0.25, 0.3) is 0 Å². The molecule has 4 rings (SSSR count). The van der Waals surface area contributed by atoms with Crippen molar-refractivity contribution in [2.24, 2.45) is 5.92 Å². The van der Waals surface area contributed by atoms with Gasteiger partial charge in [0.2, 0.25) is 15.9 Å². The fourth-order valence-corrected chi connectivity index (χ4v) is 5.89. The molecule has 0 aliphatic carbocycles. The van der Waals surface area contributed by atoms with Gasteiger partial charge in [0.15, 0.2) is 0 Å². The van der Waals surface area contributed by atoms with Crippen molar-refractivity contribution in [1.29, 1.82) is 0 Å². The van der Waals surface area contributed by atoms with Crippen molar-refractivity contribution in [3.63, 3.8) is 0 Å². The molecule has 2 aromatic rings. The number of pyridine rings is 1. The molecule has 0 saturated carbocycles. The summed E-state index contributed by atoms with van der Waals surface area (Å²) >= 11 is 0. The Morgan fingerprint density at radius 2 is 1.83 bits per heavy atom. The SMILES string of the molecule is O=C(C1CCN(S(=O)(=O)c2cc(F)ccc2F)CC1)N1CCC[C@@H]1c1cccnc1. The minimum atomic E-state index is -4.15. The highest BCUT2D eigenvalue weighted by atomic mass is 32.2. The smallest absolute Gasteiger partial charge is 0.246 e. The van der Waals surface area contributed by atoms with Crippen molar-refractivity contribution < 1.29 is 22.0 Å². The van der Waals surface area contributed by atoms with E-state index < -0.39 is 26.6 Å². The standard InChI is InChI=1S/C21H23F2N3O3S/c22-17-5-6-18(23)20(13-17)30(28,29)25-11-7-15(8-12-25)21(27)26-10-2-4-19(26)16-3-1-9-24-14-16/h1,3,5-6,9,13-15,19H,2,4,7-8,10-12H2/t19-/m1/s1. The molecular weight excluding hydrogens is 412 g/mol. The summed E-state index contributed by atoms with van der Waals surface area (Å²) < 4.78 is 54.1. The zero-order chi connectivity index (χ0) is 21.3. The Morgan fingerprint density at radius 3 is 2.53 bits per heavy atom. The van der Waals surface area contributed by atoms with E-state index in [2.05, 4.69) is 4.98 Å². The summed E-state index contributed by atoms with van der Waals surface area (Å²) in [5.74, 6) is -2.05. The second-order valence-corrected chi connectivity index (χ2v) is 9.64. The highest BCUT2D eigenvalue weighted by molar-refractivity contribution is 7.89. The molecule has 160 valence electrons. The van der Waals surface area contributed by atoms with Crippen LogP contribution in [-0.2, 0) is 14.8 Å². The Hall–Kier alpha value is -2.39. The molecule has 2 aliphatic rings. The van der Waals surface area contributed by atoms with Crippen molar-refractivity contribution in [2.45, 2.75) is 36.6 Å². The molecule has 2 aliphatic heterocycles. The van der Waals surface area contributed by atoms with Crippen LogP contribution in [0, 0.1) is 17.6 Å². The lowest BCUT2D eigenvalue weighted by molar-refractivity contribution is -0.137. The van der Waals surface area contributed by atoms with Crippen LogP contribution in [-0.4, -0.2) is 48.1 Å². The fraction of sp³-hybridized carbons (Fsp3) is 0.429. The number of benzene rings is 1. The van der Waals surface area contributed by atoms with Gasteiger partial charge in [0, 0.05) is 37.9 Å². The van der Waals surface area contributed by atoms with Crippen LogP contribution in [0.3, 0.4) is 0 Å². The van der Waals surface area contributed by atoms with E-state index in [1.807, 2.05) is 17.0 Å². The number of hydrogen-bond acceptors (Lipinski definition) is 4. The number of likely N-dealkylation sites (tertiary alicyclic amines) is 1. The monoisotopic (exact) mass is 435 g/mol. The highest BCUT2D eigenvalue weighted by Gasteiger charge is 2.38. The second kappa shape index (κ2) is 8.39. The first-order chi connectivity index (χ1) is 14.4. The molecular formula is C21H23F2N3O3S. The quantitative estimate of drug-likeness (QED) is 0.740. The number of amides is 1. The van der Waals surface area contributed by atoms with Crippen LogP contribution in [0.4, 0.5) is 8.78 Å². The molecule has 1 aromatic carbocycles. The topological polar surface area (TPSA) is 70.6 Å². The Morgan fingerprint density at radius 1 is 1.07 bits per heavy atom. The third kappa shape index (κ3) is 3.96. The lowest BCUT2D eigenvalue weighted by Gasteiger charge is -2.34. The predicted octanol–water partition coefficient (Wildman–Crippen LogP) is 3.12. The maximum absolute atomic E-state index is 14.0. The highest BCUT2D eigenvalue weighted by Crippen LogP contribution is 2.35. The number of carbonyl (C=O) groups excluding carboxylic acids is 1. The number of halogens is 2. The number of hydrogen-bond donors (Lipinski definition) is 0. The van der Waals surface area contributed by atoms with Crippen LogP contribution < -0.4 is 0 Å². The van der Waals surface area contributed by atoms with Crippen molar-refractivity contribution in [3.8, 4) is 0 Å². The zero-order valence-corrected chi connectivity index (χ0v) is 17.2. The fourth-order valence-electron chi connectivity index (χ4n) is 4.34. The maximum Gasteiger partial charge on any atom is 0.246 e. The summed E-state index contributed by atoms with van der Waals surface area (Å²) in [5, 5.41) is 0. The number of carbonyl (C=O) groups is 1. The lowest BCUT2D eigenvalue weighted by Crippen LogP contribution is -2.44. The van der Waals surface area contributed by atoms with E-state index >= 15 is 0 Å². The van der Waals surface area contributed by atoms with Crippen LogP contribution in [0.15, 0.2) is 47.6 Å².